The number of thiophene rings is 1. The van der Waals surface area contributed by atoms with E-state index in [2.05, 4.69) is 16.8 Å². The maximum atomic E-state index is 10.8. The predicted octanol–water partition coefficient (Wildman–Crippen LogP) is 1.82. The zero-order valence-electron chi connectivity index (χ0n) is 7.17. The minimum atomic E-state index is 0.131. The van der Waals surface area contributed by atoms with Crippen LogP contribution in [0.4, 0.5) is 0 Å². The van der Waals surface area contributed by atoms with Gasteiger partial charge >= 0.3 is 0 Å². The largest absolute Gasteiger partial charge is 0.359 e. The van der Waals surface area contributed by atoms with Crippen LogP contribution in [0.1, 0.15) is 17.7 Å². The Morgan fingerprint density at radius 1 is 1.67 bits per heavy atom. The highest BCUT2D eigenvalue weighted by Gasteiger charge is 1.98. The van der Waals surface area contributed by atoms with Gasteiger partial charge in [0.15, 0.2) is 0 Å². The average Bonchev–Trinajstić information content (AvgIpc) is 2.57. The molecule has 0 saturated carbocycles. The lowest BCUT2D eigenvalue weighted by Crippen LogP contribution is -2.17. The normalized spacial score (nSPS) is 9.75. The molecule has 0 unspecified atom stereocenters. The molecule has 0 aliphatic rings. The highest BCUT2D eigenvalue weighted by Crippen LogP contribution is 2.11. The third-order valence-electron chi connectivity index (χ3n) is 1.69. The first kappa shape index (κ1) is 9.26. The van der Waals surface area contributed by atoms with Gasteiger partial charge in [-0.15, -0.1) is 11.3 Å². The van der Waals surface area contributed by atoms with E-state index in [1.807, 2.05) is 6.07 Å². The number of carbonyl (C=O) groups excluding carboxylic acids is 1. The van der Waals surface area contributed by atoms with Gasteiger partial charge in [0.05, 0.1) is 0 Å². The van der Waals surface area contributed by atoms with E-state index in [1.54, 1.807) is 18.4 Å². The molecule has 0 spiro atoms. The summed E-state index contributed by atoms with van der Waals surface area (Å²) < 4.78 is 0. The van der Waals surface area contributed by atoms with Gasteiger partial charge in [-0.2, -0.15) is 0 Å². The second-order valence-corrected chi connectivity index (χ2v) is 3.64. The SMILES string of the molecule is CNC(=O)CCCc1cccs1. The summed E-state index contributed by atoms with van der Waals surface area (Å²) in [5.41, 5.74) is 0. The molecule has 0 aliphatic heterocycles. The molecule has 1 rings (SSSR count). The molecule has 2 nitrogen and oxygen atoms in total. The minimum Gasteiger partial charge on any atom is -0.359 e. The van der Waals surface area contributed by atoms with Crippen LogP contribution in [0, 0.1) is 0 Å². The molecule has 1 aromatic heterocycles. The Kier molecular flexibility index (Phi) is 3.80. The van der Waals surface area contributed by atoms with Crippen molar-refractivity contribution in [2.45, 2.75) is 19.3 Å². The van der Waals surface area contributed by atoms with Gasteiger partial charge in [-0.05, 0) is 24.3 Å². The lowest BCUT2D eigenvalue weighted by atomic mass is 10.2. The zero-order chi connectivity index (χ0) is 8.81. The molecule has 0 fully saturated rings. The second kappa shape index (κ2) is 4.93. The van der Waals surface area contributed by atoms with Gasteiger partial charge in [-0.3, -0.25) is 4.79 Å². The fourth-order valence-electron chi connectivity index (χ4n) is 1.00. The summed E-state index contributed by atoms with van der Waals surface area (Å²) in [6.45, 7) is 0. The lowest BCUT2D eigenvalue weighted by molar-refractivity contribution is -0.120. The van der Waals surface area contributed by atoms with E-state index in [0.29, 0.717) is 6.42 Å². The van der Waals surface area contributed by atoms with Gasteiger partial charge in [0.1, 0.15) is 0 Å². The molecule has 1 heterocycles. The van der Waals surface area contributed by atoms with Crippen molar-refractivity contribution in [3.05, 3.63) is 22.4 Å². The predicted molar refractivity (Wildman–Crippen MR) is 51.3 cm³/mol. The summed E-state index contributed by atoms with van der Waals surface area (Å²) in [6, 6.07) is 4.15. The Morgan fingerprint density at radius 2 is 2.50 bits per heavy atom. The van der Waals surface area contributed by atoms with Crippen molar-refractivity contribution in [3.63, 3.8) is 0 Å². The van der Waals surface area contributed by atoms with Gasteiger partial charge in [0.2, 0.25) is 5.91 Å². The standard InChI is InChI=1S/C9H13NOS/c1-10-9(11)6-2-4-8-5-3-7-12-8/h3,5,7H,2,4,6H2,1H3,(H,10,11). The Hall–Kier alpha value is -0.830. The van der Waals surface area contributed by atoms with Crippen molar-refractivity contribution < 1.29 is 4.79 Å². The van der Waals surface area contributed by atoms with Crippen molar-refractivity contribution in [1.82, 2.24) is 5.32 Å². The van der Waals surface area contributed by atoms with E-state index in [9.17, 15) is 4.79 Å². The van der Waals surface area contributed by atoms with E-state index in [0.717, 1.165) is 12.8 Å². The number of hydrogen-bond acceptors (Lipinski definition) is 2. The molecule has 0 saturated heterocycles. The van der Waals surface area contributed by atoms with Crippen LogP contribution in [0.15, 0.2) is 17.5 Å². The number of rotatable bonds is 4. The van der Waals surface area contributed by atoms with Gasteiger partial charge in [0, 0.05) is 18.3 Å². The third kappa shape index (κ3) is 3.05. The smallest absolute Gasteiger partial charge is 0.219 e. The number of carbonyl (C=O) groups is 1. The fraction of sp³-hybridized carbons (Fsp3) is 0.444. The zero-order valence-corrected chi connectivity index (χ0v) is 7.99. The van der Waals surface area contributed by atoms with Gasteiger partial charge < -0.3 is 5.32 Å². The van der Waals surface area contributed by atoms with Crippen molar-refractivity contribution in [2.75, 3.05) is 7.05 Å². The Bertz CT molecular complexity index is 231. The number of nitrogens with one attached hydrogen (secondary N) is 1. The lowest BCUT2D eigenvalue weighted by Gasteiger charge is -1.97. The number of hydrogen-bond donors (Lipinski definition) is 1. The van der Waals surface area contributed by atoms with Crippen molar-refractivity contribution in [2.24, 2.45) is 0 Å². The van der Waals surface area contributed by atoms with E-state index in [-0.39, 0.29) is 5.91 Å². The van der Waals surface area contributed by atoms with Crippen LogP contribution >= 0.6 is 11.3 Å². The molecule has 1 N–H and O–H groups in total. The summed E-state index contributed by atoms with van der Waals surface area (Å²) in [5, 5.41) is 4.67. The summed E-state index contributed by atoms with van der Waals surface area (Å²) >= 11 is 1.75. The quantitative estimate of drug-likeness (QED) is 0.758. The topological polar surface area (TPSA) is 29.1 Å². The summed E-state index contributed by atoms with van der Waals surface area (Å²) in [7, 11) is 1.67. The maximum absolute atomic E-state index is 10.8. The van der Waals surface area contributed by atoms with E-state index >= 15 is 0 Å². The molecule has 66 valence electrons. The first-order valence-electron chi connectivity index (χ1n) is 4.06. The Labute approximate surface area is 76.6 Å². The van der Waals surface area contributed by atoms with Crippen LogP contribution in [0.3, 0.4) is 0 Å². The molecular formula is C9H13NOS. The van der Waals surface area contributed by atoms with Crippen molar-refractivity contribution >= 4 is 17.2 Å². The fourth-order valence-corrected chi connectivity index (χ4v) is 1.75. The molecule has 0 bridgehead atoms. The van der Waals surface area contributed by atoms with Crippen molar-refractivity contribution in [3.8, 4) is 0 Å². The third-order valence-corrected chi connectivity index (χ3v) is 2.62. The highest BCUT2D eigenvalue weighted by molar-refractivity contribution is 7.09. The van der Waals surface area contributed by atoms with E-state index < -0.39 is 0 Å². The van der Waals surface area contributed by atoms with Crippen LogP contribution in [0.2, 0.25) is 0 Å². The number of aryl methyl sites for hydroxylation is 1. The first-order valence-corrected chi connectivity index (χ1v) is 4.94. The van der Waals surface area contributed by atoms with Crippen molar-refractivity contribution in [1.29, 1.82) is 0 Å². The summed E-state index contributed by atoms with van der Waals surface area (Å²) in [4.78, 5) is 12.2. The van der Waals surface area contributed by atoms with Gasteiger partial charge in [-0.25, -0.2) is 0 Å². The van der Waals surface area contributed by atoms with Crippen LogP contribution in [0.5, 0.6) is 0 Å². The average molecular weight is 183 g/mol. The molecule has 0 atom stereocenters. The molecule has 3 heteroatoms. The maximum Gasteiger partial charge on any atom is 0.219 e. The van der Waals surface area contributed by atoms with Crippen LogP contribution in [-0.4, -0.2) is 13.0 Å². The molecule has 0 radical (unpaired) electrons. The molecule has 0 aromatic carbocycles. The molecule has 1 aromatic rings. The first-order chi connectivity index (χ1) is 5.83. The van der Waals surface area contributed by atoms with Crippen LogP contribution in [-0.2, 0) is 11.2 Å². The Morgan fingerprint density at radius 3 is 3.08 bits per heavy atom. The monoisotopic (exact) mass is 183 g/mol. The molecule has 0 aliphatic carbocycles. The van der Waals surface area contributed by atoms with Crippen LogP contribution in [0.25, 0.3) is 0 Å². The van der Waals surface area contributed by atoms with E-state index in [4.69, 9.17) is 0 Å². The van der Waals surface area contributed by atoms with E-state index in [1.165, 1.54) is 4.88 Å². The number of amides is 1. The molecular weight excluding hydrogens is 170 g/mol. The summed E-state index contributed by atoms with van der Waals surface area (Å²) in [6.07, 6.45) is 2.60. The van der Waals surface area contributed by atoms with Gasteiger partial charge in [-0.1, -0.05) is 6.07 Å². The summed E-state index contributed by atoms with van der Waals surface area (Å²) in [5.74, 6) is 0.131. The molecule has 1 amide bonds. The van der Waals surface area contributed by atoms with Crippen LogP contribution < -0.4 is 5.32 Å². The Balaban J connectivity index is 2.15. The minimum absolute atomic E-state index is 0.131. The second-order valence-electron chi connectivity index (χ2n) is 2.61. The highest BCUT2D eigenvalue weighted by atomic mass is 32.1. The molecule has 12 heavy (non-hydrogen) atoms. The van der Waals surface area contributed by atoms with Gasteiger partial charge in [0.25, 0.3) is 0 Å².